The van der Waals surface area contributed by atoms with Crippen molar-refractivity contribution in [3.05, 3.63) is 11.1 Å². The number of aliphatic carboxylic acids is 1. The molecule has 0 aliphatic heterocycles. The largest absolute Gasteiger partial charge is 1.00 e. The predicted molar refractivity (Wildman–Crippen MR) is 40.0 cm³/mol. The maximum atomic E-state index is 10.9. The van der Waals surface area contributed by atoms with E-state index < -0.39 is 11.9 Å². The molecule has 0 amide bonds. The zero-order valence-electron chi connectivity index (χ0n) is 7.72. The summed E-state index contributed by atoms with van der Waals surface area (Å²) in [5.41, 5.74) is -0.00898. The van der Waals surface area contributed by atoms with Crippen molar-refractivity contribution in [3.63, 3.8) is 0 Å². The minimum atomic E-state index is -1.35. The van der Waals surface area contributed by atoms with Crippen molar-refractivity contribution in [2.75, 3.05) is 6.61 Å². The number of carbonyl (C=O) groups excluding carboxylic acids is 2. The number of carbonyl (C=O) groups is 2. The highest BCUT2D eigenvalue weighted by Gasteiger charge is 2.08. The lowest BCUT2D eigenvalue weighted by atomic mass is 10.1. The van der Waals surface area contributed by atoms with Crippen molar-refractivity contribution >= 4 is 11.9 Å². The monoisotopic (exact) mass is 206 g/mol. The minimum absolute atomic E-state index is 0. The first kappa shape index (κ1) is 14.5. The first-order valence-corrected chi connectivity index (χ1v) is 3.56. The van der Waals surface area contributed by atoms with Gasteiger partial charge in [-0.1, -0.05) is 0 Å². The molecule has 0 rings (SSSR count). The molecule has 0 aliphatic carbocycles. The van der Waals surface area contributed by atoms with Gasteiger partial charge in [0.25, 0.3) is 0 Å². The van der Waals surface area contributed by atoms with Crippen molar-refractivity contribution in [2.24, 2.45) is 0 Å². The number of halogens is 1. The smallest absolute Gasteiger partial charge is 0.334 e. The number of carboxylic acid groups (broad SMARTS) is 1. The first-order valence-electron chi connectivity index (χ1n) is 3.56. The molecule has 13 heavy (non-hydrogen) atoms. The highest BCUT2D eigenvalue weighted by molar-refractivity contribution is 5.97. The topological polar surface area (TPSA) is 66.4 Å². The third kappa shape index (κ3) is 4.52. The lowest BCUT2D eigenvalue weighted by Gasteiger charge is -2.07. The fourth-order valence-corrected chi connectivity index (χ4v) is 0.546. The molecule has 0 unspecified atom stereocenters. The molecule has 0 saturated carbocycles. The van der Waals surface area contributed by atoms with Gasteiger partial charge in [-0.05, 0) is 26.3 Å². The van der Waals surface area contributed by atoms with Crippen LogP contribution in [0.5, 0.6) is 0 Å². The van der Waals surface area contributed by atoms with Crippen LogP contribution in [0, 0.1) is 0 Å². The van der Waals surface area contributed by atoms with Crippen molar-refractivity contribution in [2.45, 2.75) is 20.8 Å². The minimum Gasteiger partial charge on any atom is -1.00 e. The summed E-state index contributed by atoms with van der Waals surface area (Å²) < 4.78 is 4.59. The Balaban J connectivity index is 0. The second-order valence-corrected chi connectivity index (χ2v) is 2.26. The second kappa shape index (κ2) is 6.48. The quantitative estimate of drug-likeness (QED) is 0.357. The van der Waals surface area contributed by atoms with Gasteiger partial charge in [0.1, 0.15) is 0 Å². The van der Waals surface area contributed by atoms with Gasteiger partial charge < -0.3 is 27.0 Å². The summed E-state index contributed by atoms with van der Waals surface area (Å²) >= 11 is 0. The summed E-state index contributed by atoms with van der Waals surface area (Å²) in [6.07, 6.45) is 0. The molecule has 0 aromatic heterocycles. The van der Waals surface area contributed by atoms with E-state index in [1.807, 2.05) is 0 Å². The van der Waals surface area contributed by atoms with Gasteiger partial charge in [-0.2, -0.15) is 0 Å². The van der Waals surface area contributed by atoms with E-state index in [0.29, 0.717) is 0 Å². The lowest BCUT2D eigenvalue weighted by molar-refractivity contribution is -0.299. The summed E-state index contributed by atoms with van der Waals surface area (Å²) in [4.78, 5) is 21.2. The van der Waals surface area contributed by atoms with Gasteiger partial charge in [0.15, 0.2) is 0 Å². The third-order valence-electron chi connectivity index (χ3n) is 1.45. The van der Waals surface area contributed by atoms with Crippen LogP contribution in [0.1, 0.15) is 20.8 Å². The standard InChI is InChI=1S/C8H12O4.ClH/c1-4-12-8(11)6(3)5(2)7(9)10;/h4H2,1-3H3,(H,9,10);1H/p-2/b6-5+;. The molecule has 0 N–H and O–H groups in total. The molecular formula is C8H11ClO4-2. The van der Waals surface area contributed by atoms with Crippen LogP contribution in [-0.2, 0) is 14.3 Å². The van der Waals surface area contributed by atoms with Crippen LogP contribution < -0.4 is 17.5 Å². The number of esters is 1. The van der Waals surface area contributed by atoms with Gasteiger partial charge in [-0.3, -0.25) is 0 Å². The van der Waals surface area contributed by atoms with E-state index in [0.717, 1.165) is 0 Å². The van der Waals surface area contributed by atoms with E-state index in [-0.39, 0.29) is 30.2 Å². The molecule has 76 valence electrons. The van der Waals surface area contributed by atoms with Crippen molar-refractivity contribution in [1.82, 2.24) is 0 Å². The molecule has 0 radical (unpaired) electrons. The van der Waals surface area contributed by atoms with Crippen LogP contribution >= 0.6 is 0 Å². The van der Waals surface area contributed by atoms with E-state index in [1.165, 1.54) is 13.8 Å². The van der Waals surface area contributed by atoms with Crippen LogP contribution in [0.3, 0.4) is 0 Å². The Morgan fingerprint density at radius 2 is 1.69 bits per heavy atom. The Labute approximate surface area is 83.0 Å². The summed E-state index contributed by atoms with van der Waals surface area (Å²) in [6.45, 7) is 4.58. The van der Waals surface area contributed by atoms with Crippen molar-refractivity contribution < 1.29 is 31.8 Å². The number of rotatable bonds is 3. The number of hydrogen-bond acceptors (Lipinski definition) is 4. The molecule has 0 saturated heterocycles. The number of carboxylic acids is 1. The molecule has 0 aromatic carbocycles. The number of hydrogen-bond donors (Lipinski definition) is 0. The average molecular weight is 207 g/mol. The fraction of sp³-hybridized carbons (Fsp3) is 0.500. The van der Waals surface area contributed by atoms with E-state index in [2.05, 4.69) is 4.74 Å². The summed E-state index contributed by atoms with van der Waals surface area (Å²) in [6, 6.07) is 0. The fourth-order valence-electron chi connectivity index (χ4n) is 0.546. The van der Waals surface area contributed by atoms with E-state index in [4.69, 9.17) is 0 Å². The molecule has 0 aromatic rings. The zero-order chi connectivity index (χ0) is 9.72. The molecule has 0 bridgehead atoms. The van der Waals surface area contributed by atoms with Crippen LogP contribution in [0.25, 0.3) is 0 Å². The molecule has 0 aliphatic rings. The van der Waals surface area contributed by atoms with Crippen LogP contribution in [0.4, 0.5) is 0 Å². The molecule has 4 nitrogen and oxygen atoms in total. The molecule has 0 fully saturated rings. The van der Waals surface area contributed by atoms with Gasteiger partial charge in [0, 0.05) is 5.57 Å². The molecule has 0 atom stereocenters. The molecule has 0 spiro atoms. The van der Waals surface area contributed by atoms with E-state index in [1.54, 1.807) is 6.92 Å². The Kier molecular flexibility index (Phi) is 7.23. The van der Waals surface area contributed by atoms with Crippen LogP contribution in [-0.4, -0.2) is 18.5 Å². The highest BCUT2D eigenvalue weighted by Crippen LogP contribution is 2.04. The van der Waals surface area contributed by atoms with Gasteiger partial charge in [-0.15, -0.1) is 0 Å². The molecule has 0 heterocycles. The predicted octanol–water partition coefficient (Wildman–Crippen LogP) is -3.36. The van der Waals surface area contributed by atoms with Gasteiger partial charge in [0.05, 0.1) is 12.6 Å². The average Bonchev–Trinajstić information content (AvgIpc) is 2.02. The van der Waals surface area contributed by atoms with Crippen molar-refractivity contribution in [3.8, 4) is 0 Å². The Morgan fingerprint density at radius 3 is 2.00 bits per heavy atom. The summed E-state index contributed by atoms with van der Waals surface area (Å²) in [5, 5.41) is 10.3. The Morgan fingerprint density at radius 1 is 1.23 bits per heavy atom. The zero-order valence-corrected chi connectivity index (χ0v) is 8.47. The lowest BCUT2D eigenvalue weighted by Crippen LogP contribution is -3.00. The van der Waals surface area contributed by atoms with Gasteiger partial charge >= 0.3 is 5.97 Å². The molecular weight excluding hydrogens is 196 g/mol. The van der Waals surface area contributed by atoms with E-state index in [9.17, 15) is 14.7 Å². The third-order valence-corrected chi connectivity index (χ3v) is 1.45. The number of ether oxygens (including phenoxy) is 1. The van der Waals surface area contributed by atoms with E-state index >= 15 is 0 Å². The Hall–Kier alpha value is -1.03. The summed E-state index contributed by atoms with van der Waals surface area (Å²) in [7, 11) is 0. The maximum absolute atomic E-state index is 10.9. The van der Waals surface area contributed by atoms with Crippen molar-refractivity contribution in [1.29, 1.82) is 0 Å². The first-order chi connectivity index (χ1) is 5.50. The van der Waals surface area contributed by atoms with Gasteiger partial charge in [0.2, 0.25) is 0 Å². The second-order valence-electron chi connectivity index (χ2n) is 2.26. The SMILES string of the molecule is CCOC(=O)/C(C)=C(\C)C(=O)[O-].[Cl-]. The van der Waals surface area contributed by atoms with Crippen LogP contribution in [0.15, 0.2) is 11.1 Å². The molecule has 5 heteroatoms. The summed E-state index contributed by atoms with van der Waals surface area (Å²) in [5.74, 6) is -1.96. The highest BCUT2D eigenvalue weighted by atomic mass is 35.5. The Bertz CT molecular complexity index is 232. The maximum Gasteiger partial charge on any atom is 0.334 e. The normalized spacial score (nSPS) is 11.0. The van der Waals surface area contributed by atoms with Gasteiger partial charge in [-0.25, -0.2) is 4.79 Å². The van der Waals surface area contributed by atoms with Crippen LogP contribution in [0.2, 0.25) is 0 Å².